The van der Waals surface area contributed by atoms with Crippen molar-refractivity contribution in [2.75, 3.05) is 39.5 Å². The van der Waals surface area contributed by atoms with Crippen LogP contribution in [-0.4, -0.2) is 71.6 Å². The molecule has 1 aromatic carbocycles. The third-order valence-corrected chi connectivity index (χ3v) is 8.25. The number of benzene rings is 1. The van der Waals surface area contributed by atoms with Crippen LogP contribution in [0.15, 0.2) is 36.4 Å². The van der Waals surface area contributed by atoms with Crippen molar-refractivity contribution in [3.05, 3.63) is 47.0 Å². The summed E-state index contributed by atoms with van der Waals surface area (Å²) in [6, 6.07) is 11.6. The largest absolute Gasteiger partial charge is 0.451 e. The maximum Gasteiger partial charge on any atom is 0.348 e. The van der Waals surface area contributed by atoms with Crippen LogP contribution in [0.4, 0.5) is 0 Å². The molecule has 8 nitrogen and oxygen atoms in total. The number of hydrogen-bond acceptors (Lipinski definition) is 7. The predicted molar refractivity (Wildman–Crippen MR) is 135 cm³/mol. The topological polar surface area (TPSA) is 85.7 Å². The average Bonchev–Trinajstić information content (AvgIpc) is 3.48. The Morgan fingerprint density at radius 1 is 1.14 bits per heavy atom. The maximum absolute atomic E-state index is 12.7. The Morgan fingerprint density at radius 3 is 2.63 bits per heavy atom. The molecule has 0 spiro atoms. The van der Waals surface area contributed by atoms with Crippen molar-refractivity contribution in [1.82, 2.24) is 20.0 Å². The van der Waals surface area contributed by atoms with E-state index in [0.29, 0.717) is 11.4 Å². The summed E-state index contributed by atoms with van der Waals surface area (Å²) in [4.78, 5) is 29.2. The van der Waals surface area contributed by atoms with Gasteiger partial charge in [0.2, 0.25) is 0 Å². The van der Waals surface area contributed by atoms with Gasteiger partial charge in [-0.05, 0) is 38.0 Å². The van der Waals surface area contributed by atoms with Crippen molar-refractivity contribution >= 4 is 33.4 Å². The van der Waals surface area contributed by atoms with Crippen molar-refractivity contribution in [2.24, 2.45) is 0 Å². The molecule has 2 aliphatic rings. The second-order valence-electron chi connectivity index (χ2n) is 9.40. The highest BCUT2D eigenvalue weighted by molar-refractivity contribution is 7.20. The fourth-order valence-electron chi connectivity index (χ4n) is 5.26. The van der Waals surface area contributed by atoms with Crippen molar-refractivity contribution in [3.63, 3.8) is 0 Å². The Kier molecular flexibility index (Phi) is 7.17. The predicted octanol–water partition coefficient (Wildman–Crippen LogP) is 3.70. The molecular formula is C26H32N4O4S. The number of nitrogens with zero attached hydrogens (tertiary/aromatic N) is 3. The molecule has 0 unspecified atom stereocenters. The SMILES string of the molecule is Cc1nn(-c2ccccc2)c2sc(C(=O)OCC(=O)NCC3(N4CCOCC4)CCCCC3)cc12. The van der Waals surface area contributed by atoms with Crippen LogP contribution >= 0.6 is 11.3 Å². The van der Waals surface area contributed by atoms with Crippen LogP contribution in [0.5, 0.6) is 0 Å². The lowest BCUT2D eigenvalue weighted by molar-refractivity contribution is -0.125. The molecule has 0 atom stereocenters. The minimum absolute atomic E-state index is 0.0198. The normalized spacial score (nSPS) is 18.4. The lowest BCUT2D eigenvalue weighted by Gasteiger charge is -2.48. The van der Waals surface area contributed by atoms with Crippen LogP contribution in [0, 0.1) is 6.92 Å². The summed E-state index contributed by atoms with van der Waals surface area (Å²) in [6.45, 7) is 5.50. The van der Waals surface area contributed by atoms with Crippen LogP contribution in [-0.2, 0) is 14.3 Å². The van der Waals surface area contributed by atoms with Crippen molar-refractivity contribution in [3.8, 4) is 5.69 Å². The van der Waals surface area contributed by atoms with Gasteiger partial charge in [0.25, 0.3) is 5.91 Å². The quantitative estimate of drug-likeness (QED) is 0.502. The number of rotatable bonds is 7. The highest BCUT2D eigenvalue weighted by Crippen LogP contribution is 2.34. The molecule has 1 aliphatic carbocycles. The summed E-state index contributed by atoms with van der Waals surface area (Å²) < 4.78 is 12.8. The van der Waals surface area contributed by atoms with Gasteiger partial charge in [-0.3, -0.25) is 9.69 Å². The second-order valence-corrected chi connectivity index (χ2v) is 10.4. The molecule has 3 heterocycles. The number of carbonyl (C=O) groups is 2. The van der Waals surface area contributed by atoms with Gasteiger partial charge in [-0.15, -0.1) is 11.3 Å². The minimum Gasteiger partial charge on any atom is -0.451 e. The van der Waals surface area contributed by atoms with Gasteiger partial charge in [-0.1, -0.05) is 37.5 Å². The summed E-state index contributed by atoms with van der Waals surface area (Å²) in [5, 5.41) is 8.57. The van der Waals surface area contributed by atoms with Gasteiger partial charge < -0.3 is 14.8 Å². The molecule has 35 heavy (non-hydrogen) atoms. The molecule has 186 valence electrons. The van der Waals surface area contributed by atoms with Crippen LogP contribution in [0.25, 0.3) is 15.9 Å². The molecule has 5 rings (SSSR count). The van der Waals surface area contributed by atoms with Crippen molar-refractivity contribution in [2.45, 2.75) is 44.6 Å². The van der Waals surface area contributed by atoms with Crippen LogP contribution in [0.2, 0.25) is 0 Å². The summed E-state index contributed by atoms with van der Waals surface area (Å²) in [7, 11) is 0. The standard InChI is InChI=1S/C26H32N4O4S/c1-19-21-16-22(35-24(21)30(28-19)20-8-4-2-5-9-20)25(32)34-17-23(31)27-18-26(10-6-3-7-11-26)29-12-14-33-15-13-29/h2,4-5,8-9,16H,3,6-7,10-15,17-18H2,1H3,(H,27,31). The number of ether oxygens (including phenoxy) is 2. The van der Waals surface area contributed by atoms with Crippen LogP contribution < -0.4 is 5.32 Å². The minimum atomic E-state index is -0.485. The number of hydrogen-bond donors (Lipinski definition) is 1. The average molecular weight is 497 g/mol. The molecule has 3 aromatic rings. The van der Waals surface area contributed by atoms with E-state index in [9.17, 15) is 9.59 Å². The number of amides is 1. The summed E-state index contributed by atoms with van der Waals surface area (Å²) >= 11 is 1.33. The molecule has 1 aliphatic heterocycles. The summed E-state index contributed by atoms with van der Waals surface area (Å²) in [6.07, 6.45) is 5.75. The number of morpholine rings is 1. The molecule has 1 amide bonds. The Hall–Kier alpha value is -2.75. The third kappa shape index (κ3) is 5.12. The van der Waals surface area contributed by atoms with Gasteiger partial charge in [0.05, 0.1) is 24.6 Å². The number of aromatic nitrogens is 2. The molecular weight excluding hydrogens is 464 g/mol. The van der Waals surface area contributed by atoms with E-state index in [-0.39, 0.29) is 18.1 Å². The van der Waals surface area contributed by atoms with Gasteiger partial charge in [0.1, 0.15) is 9.71 Å². The number of esters is 1. The van der Waals surface area contributed by atoms with Gasteiger partial charge in [-0.2, -0.15) is 5.10 Å². The molecule has 2 aromatic heterocycles. The number of fused-ring (bicyclic) bond motifs is 1. The van der Waals surface area contributed by atoms with E-state index >= 15 is 0 Å². The van der Waals surface area contributed by atoms with Gasteiger partial charge in [-0.25, -0.2) is 9.48 Å². The molecule has 2 fully saturated rings. The van der Waals surface area contributed by atoms with E-state index in [4.69, 9.17) is 9.47 Å². The highest BCUT2D eigenvalue weighted by Gasteiger charge is 2.38. The number of nitrogens with one attached hydrogen (secondary N) is 1. The molecule has 0 radical (unpaired) electrons. The summed E-state index contributed by atoms with van der Waals surface area (Å²) in [5.41, 5.74) is 1.76. The Labute approximate surface area is 209 Å². The van der Waals surface area contributed by atoms with E-state index in [0.717, 1.165) is 60.7 Å². The van der Waals surface area contributed by atoms with E-state index in [1.54, 1.807) is 6.07 Å². The number of carbonyl (C=O) groups excluding carboxylic acids is 2. The van der Waals surface area contributed by atoms with E-state index < -0.39 is 5.97 Å². The van der Waals surface area contributed by atoms with Crippen LogP contribution in [0.1, 0.15) is 47.5 Å². The summed E-state index contributed by atoms with van der Waals surface area (Å²) in [5.74, 6) is -0.745. The van der Waals surface area contributed by atoms with Crippen molar-refractivity contribution < 1.29 is 19.1 Å². The molecule has 1 saturated heterocycles. The number of thiophene rings is 1. The smallest absolute Gasteiger partial charge is 0.348 e. The van der Waals surface area contributed by atoms with E-state index in [1.807, 2.05) is 41.9 Å². The Morgan fingerprint density at radius 2 is 1.89 bits per heavy atom. The molecule has 1 saturated carbocycles. The van der Waals surface area contributed by atoms with Gasteiger partial charge >= 0.3 is 5.97 Å². The molecule has 1 N–H and O–H groups in total. The second kappa shape index (κ2) is 10.5. The zero-order valence-corrected chi connectivity index (χ0v) is 20.9. The molecule has 9 heteroatoms. The fourth-order valence-corrected chi connectivity index (χ4v) is 6.34. The first kappa shape index (κ1) is 24.0. The van der Waals surface area contributed by atoms with E-state index in [2.05, 4.69) is 15.3 Å². The zero-order chi connectivity index (χ0) is 24.3. The van der Waals surface area contributed by atoms with E-state index in [1.165, 1.54) is 30.6 Å². The lowest BCUT2D eigenvalue weighted by atomic mass is 9.79. The lowest BCUT2D eigenvalue weighted by Crippen LogP contribution is -2.59. The Balaban J connectivity index is 1.20. The molecule has 0 bridgehead atoms. The maximum atomic E-state index is 12.7. The van der Waals surface area contributed by atoms with Crippen LogP contribution in [0.3, 0.4) is 0 Å². The first-order valence-corrected chi connectivity index (χ1v) is 13.2. The Bertz CT molecular complexity index is 1180. The van der Waals surface area contributed by atoms with Crippen molar-refractivity contribution in [1.29, 1.82) is 0 Å². The monoisotopic (exact) mass is 496 g/mol. The number of para-hydroxylation sites is 1. The zero-order valence-electron chi connectivity index (χ0n) is 20.1. The van der Waals surface area contributed by atoms with Gasteiger partial charge in [0.15, 0.2) is 6.61 Å². The highest BCUT2D eigenvalue weighted by atomic mass is 32.1. The van der Waals surface area contributed by atoms with Gasteiger partial charge in [0, 0.05) is 30.6 Å². The fraction of sp³-hybridized carbons (Fsp3) is 0.500. The first-order chi connectivity index (χ1) is 17.1. The third-order valence-electron chi connectivity index (χ3n) is 7.16. The number of aryl methyl sites for hydroxylation is 1. The first-order valence-electron chi connectivity index (χ1n) is 12.4.